The predicted octanol–water partition coefficient (Wildman–Crippen LogP) is 0.0456. The number of ether oxygens (including phenoxy) is 3. The van der Waals surface area contributed by atoms with Gasteiger partial charge in [0.15, 0.2) is 11.5 Å². The highest BCUT2D eigenvalue weighted by atomic mass is 16.7. The van der Waals surface area contributed by atoms with Crippen molar-refractivity contribution in [2.45, 2.75) is 12.2 Å². The Hall–Kier alpha value is -1.34. The fourth-order valence-corrected chi connectivity index (χ4v) is 1.88. The van der Waals surface area contributed by atoms with Gasteiger partial charge in [-0.1, -0.05) is 6.07 Å². The second kappa shape index (κ2) is 6.72. The molecule has 1 aromatic rings. The van der Waals surface area contributed by atoms with Crippen molar-refractivity contribution in [3.8, 4) is 11.5 Å². The normalized spacial score (nSPS) is 16.4. The molecule has 6 heteroatoms. The third-order valence-electron chi connectivity index (χ3n) is 2.86. The van der Waals surface area contributed by atoms with Gasteiger partial charge in [0.1, 0.15) is 0 Å². The first kappa shape index (κ1) is 14.1. The summed E-state index contributed by atoms with van der Waals surface area (Å²) in [5, 5.41) is 22.5. The van der Waals surface area contributed by atoms with E-state index < -0.39 is 12.2 Å². The minimum Gasteiger partial charge on any atom is -0.454 e. The fraction of sp³-hybridized carbons (Fsp3) is 0.538. The average molecular weight is 269 g/mol. The number of hydrogen-bond donors (Lipinski definition) is 3. The maximum Gasteiger partial charge on any atom is 0.231 e. The summed E-state index contributed by atoms with van der Waals surface area (Å²) in [6.45, 7) is 1.21. The van der Waals surface area contributed by atoms with E-state index in [4.69, 9.17) is 14.2 Å². The van der Waals surface area contributed by atoms with Gasteiger partial charge in [-0.15, -0.1) is 0 Å². The summed E-state index contributed by atoms with van der Waals surface area (Å²) in [6, 6.07) is 5.34. The lowest BCUT2D eigenvalue weighted by Gasteiger charge is -2.15. The van der Waals surface area contributed by atoms with E-state index in [9.17, 15) is 10.2 Å². The van der Waals surface area contributed by atoms with Gasteiger partial charge >= 0.3 is 0 Å². The maximum absolute atomic E-state index is 10.0. The van der Waals surface area contributed by atoms with Crippen LogP contribution in [-0.4, -0.2) is 49.9 Å². The molecule has 0 fully saturated rings. The van der Waals surface area contributed by atoms with Gasteiger partial charge in [-0.25, -0.2) is 0 Å². The molecule has 1 heterocycles. The molecule has 0 aromatic heterocycles. The van der Waals surface area contributed by atoms with Gasteiger partial charge in [0.05, 0.1) is 18.8 Å². The van der Waals surface area contributed by atoms with Crippen LogP contribution in [0.4, 0.5) is 0 Å². The van der Waals surface area contributed by atoms with Crippen LogP contribution in [0, 0.1) is 0 Å². The molecule has 0 amide bonds. The van der Waals surface area contributed by atoms with Crippen molar-refractivity contribution in [2.24, 2.45) is 0 Å². The Kier molecular flexibility index (Phi) is 4.98. The number of methoxy groups -OCH3 is 1. The highest BCUT2D eigenvalue weighted by Gasteiger charge is 2.16. The summed E-state index contributed by atoms with van der Waals surface area (Å²) >= 11 is 0. The topological polar surface area (TPSA) is 80.2 Å². The number of aliphatic hydroxyl groups is 2. The van der Waals surface area contributed by atoms with E-state index in [1.807, 2.05) is 0 Å². The molecule has 0 spiro atoms. The molecule has 1 aliphatic heterocycles. The molecule has 2 rings (SSSR count). The van der Waals surface area contributed by atoms with Gasteiger partial charge in [-0.05, 0) is 17.7 Å². The number of fused-ring (bicyclic) bond motifs is 1. The average Bonchev–Trinajstić information content (AvgIpc) is 2.86. The van der Waals surface area contributed by atoms with Crippen molar-refractivity contribution in [3.05, 3.63) is 23.8 Å². The molecule has 19 heavy (non-hydrogen) atoms. The first-order valence-corrected chi connectivity index (χ1v) is 6.16. The lowest BCUT2D eigenvalue weighted by atomic mass is 10.1. The Labute approximate surface area is 111 Å². The third-order valence-corrected chi connectivity index (χ3v) is 2.86. The van der Waals surface area contributed by atoms with E-state index in [0.717, 1.165) is 5.56 Å². The minimum atomic E-state index is -0.663. The standard InChI is InChI=1S/C13H19NO5/c1-17-7-10(15)5-14-6-11(16)9-2-3-12-13(4-9)19-8-18-12/h2-4,10-11,14-16H,5-8H2,1H3. The van der Waals surface area contributed by atoms with Crippen molar-refractivity contribution in [2.75, 3.05) is 33.6 Å². The maximum atomic E-state index is 10.0. The smallest absolute Gasteiger partial charge is 0.231 e. The third kappa shape index (κ3) is 3.81. The van der Waals surface area contributed by atoms with Gasteiger partial charge in [0.25, 0.3) is 0 Å². The molecule has 1 aliphatic rings. The minimum absolute atomic E-state index is 0.219. The van der Waals surface area contributed by atoms with Gasteiger partial charge in [0.2, 0.25) is 6.79 Å². The molecule has 2 unspecified atom stereocenters. The van der Waals surface area contributed by atoms with E-state index in [1.165, 1.54) is 7.11 Å². The van der Waals surface area contributed by atoms with Crippen LogP contribution in [0.1, 0.15) is 11.7 Å². The zero-order valence-corrected chi connectivity index (χ0v) is 10.8. The van der Waals surface area contributed by atoms with Gasteiger partial charge in [-0.3, -0.25) is 0 Å². The lowest BCUT2D eigenvalue weighted by molar-refractivity contribution is 0.0616. The molecular weight excluding hydrogens is 250 g/mol. The van der Waals surface area contributed by atoms with Crippen molar-refractivity contribution < 1.29 is 24.4 Å². The number of aliphatic hydroxyl groups excluding tert-OH is 2. The highest BCUT2D eigenvalue weighted by molar-refractivity contribution is 5.45. The molecule has 0 saturated heterocycles. The summed E-state index contributed by atoms with van der Waals surface area (Å²) in [4.78, 5) is 0. The zero-order valence-electron chi connectivity index (χ0n) is 10.8. The molecule has 0 saturated carbocycles. The van der Waals surface area contributed by atoms with Crippen LogP contribution in [0.5, 0.6) is 11.5 Å². The van der Waals surface area contributed by atoms with E-state index in [1.54, 1.807) is 18.2 Å². The van der Waals surface area contributed by atoms with Crippen LogP contribution in [0.3, 0.4) is 0 Å². The second-order valence-corrected chi connectivity index (χ2v) is 4.40. The molecule has 6 nitrogen and oxygen atoms in total. The predicted molar refractivity (Wildman–Crippen MR) is 68.3 cm³/mol. The van der Waals surface area contributed by atoms with Gasteiger partial charge < -0.3 is 29.7 Å². The largest absolute Gasteiger partial charge is 0.454 e. The summed E-state index contributed by atoms with van der Waals surface area (Å²) in [6.07, 6.45) is -1.24. The molecule has 1 aromatic carbocycles. The molecule has 3 N–H and O–H groups in total. The quantitative estimate of drug-likeness (QED) is 0.649. The van der Waals surface area contributed by atoms with E-state index in [2.05, 4.69) is 5.32 Å². The summed E-state index contributed by atoms with van der Waals surface area (Å²) in [5.41, 5.74) is 0.748. The SMILES string of the molecule is COCC(O)CNCC(O)c1ccc2c(c1)OCO2. The monoisotopic (exact) mass is 269 g/mol. The zero-order chi connectivity index (χ0) is 13.7. The second-order valence-electron chi connectivity index (χ2n) is 4.40. The first-order valence-electron chi connectivity index (χ1n) is 6.16. The first-order chi connectivity index (χ1) is 9.20. The molecule has 106 valence electrons. The number of rotatable bonds is 7. The van der Waals surface area contributed by atoms with E-state index >= 15 is 0 Å². The van der Waals surface area contributed by atoms with Crippen LogP contribution in [-0.2, 0) is 4.74 Å². The Morgan fingerprint density at radius 1 is 1.26 bits per heavy atom. The van der Waals surface area contributed by atoms with Crippen LogP contribution < -0.4 is 14.8 Å². The summed E-state index contributed by atoms with van der Waals surface area (Å²) < 4.78 is 15.3. The van der Waals surface area contributed by atoms with Crippen LogP contribution in [0.15, 0.2) is 18.2 Å². The van der Waals surface area contributed by atoms with Crippen molar-refractivity contribution >= 4 is 0 Å². The molecule has 2 atom stereocenters. The Morgan fingerprint density at radius 3 is 2.84 bits per heavy atom. The van der Waals surface area contributed by atoms with Gasteiger partial charge in [0, 0.05) is 20.2 Å². The Bertz CT molecular complexity index is 412. The van der Waals surface area contributed by atoms with Crippen molar-refractivity contribution in [1.29, 1.82) is 0 Å². The van der Waals surface area contributed by atoms with Crippen molar-refractivity contribution in [1.82, 2.24) is 5.32 Å². The van der Waals surface area contributed by atoms with Gasteiger partial charge in [-0.2, -0.15) is 0 Å². The molecule has 0 aliphatic carbocycles. The fourth-order valence-electron chi connectivity index (χ4n) is 1.88. The number of hydrogen-bond acceptors (Lipinski definition) is 6. The Balaban J connectivity index is 1.81. The van der Waals surface area contributed by atoms with Crippen LogP contribution >= 0.6 is 0 Å². The van der Waals surface area contributed by atoms with Crippen LogP contribution in [0.2, 0.25) is 0 Å². The summed E-state index contributed by atoms with van der Waals surface area (Å²) in [5.74, 6) is 1.34. The molecule has 0 bridgehead atoms. The van der Waals surface area contributed by atoms with E-state index in [-0.39, 0.29) is 13.4 Å². The summed E-state index contributed by atoms with van der Waals surface area (Å²) in [7, 11) is 1.53. The lowest BCUT2D eigenvalue weighted by Crippen LogP contribution is -2.32. The number of benzene rings is 1. The van der Waals surface area contributed by atoms with Crippen molar-refractivity contribution in [3.63, 3.8) is 0 Å². The van der Waals surface area contributed by atoms with E-state index in [0.29, 0.717) is 24.6 Å². The highest BCUT2D eigenvalue weighted by Crippen LogP contribution is 2.33. The number of nitrogens with one attached hydrogen (secondary N) is 1. The Morgan fingerprint density at radius 2 is 2.05 bits per heavy atom. The van der Waals surface area contributed by atoms with Crippen LogP contribution in [0.25, 0.3) is 0 Å². The molecule has 0 radical (unpaired) electrons. The molecular formula is C13H19NO5.